The maximum absolute atomic E-state index is 11.9. The monoisotopic (exact) mass is 392 g/mol. The van der Waals surface area contributed by atoms with Crippen LogP contribution >= 0.6 is 11.6 Å². The fourth-order valence-electron chi connectivity index (χ4n) is 2.24. The molecule has 27 heavy (non-hydrogen) atoms. The number of ether oxygens (including phenoxy) is 2. The van der Waals surface area contributed by atoms with Crippen molar-refractivity contribution in [1.82, 2.24) is 5.32 Å². The molecule has 0 heterocycles. The zero-order chi connectivity index (χ0) is 19.8. The van der Waals surface area contributed by atoms with E-state index in [0.717, 1.165) is 5.56 Å². The summed E-state index contributed by atoms with van der Waals surface area (Å²) < 4.78 is 9.91. The maximum Gasteiger partial charge on any atom is 0.344 e. The van der Waals surface area contributed by atoms with Crippen LogP contribution in [0.4, 0.5) is 5.69 Å². The number of amides is 1. The number of hydrogen-bond donors (Lipinski definition) is 1. The third kappa shape index (κ3) is 5.96. The normalized spacial score (nSPS) is 11.3. The summed E-state index contributed by atoms with van der Waals surface area (Å²) in [4.78, 5) is 33.8. The third-order valence-electron chi connectivity index (χ3n) is 3.52. The van der Waals surface area contributed by atoms with Crippen LogP contribution in [-0.2, 0) is 14.3 Å². The number of para-hydroxylation sites is 2. The number of nitro benzene ring substituents is 1. The van der Waals surface area contributed by atoms with Gasteiger partial charge in [0, 0.05) is 11.1 Å². The molecule has 2 rings (SSSR count). The van der Waals surface area contributed by atoms with Gasteiger partial charge in [-0.3, -0.25) is 14.9 Å². The highest BCUT2D eigenvalue weighted by atomic mass is 35.5. The van der Waals surface area contributed by atoms with E-state index in [4.69, 9.17) is 21.1 Å². The van der Waals surface area contributed by atoms with Crippen LogP contribution in [-0.4, -0.2) is 30.0 Å². The minimum Gasteiger partial charge on any atom is -0.475 e. The lowest BCUT2D eigenvalue weighted by molar-refractivity contribution is -0.385. The van der Waals surface area contributed by atoms with E-state index in [1.807, 2.05) is 0 Å². The summed E-state index contributed by atoms with van der Waals surface area (Å²) in [7, 11) is 0. The summed E-state index contributed by atoms with van der Waals surface area (Å²) in [6.45, 7) is 0.685. The second-order valence-corrected chi connectivity index (χ2v) is 5.89. The van der Waals surface area contributed by atoms with Gasteiger partial charge in [-0.05, 0) is 24.6 Å². The average Bonchev–Trinajstić information content (AvgIpc) is 2.65. The van der Waals surface area contributed by atoms with Crippen molar-refractivity contribution in [3.05, 3.63) is 69.2 Å². The molecule has 0 radical (unpaired) electrons. The van der Waals surface area contributed by atoms with Gasteiger partial charge in [0.2, 0.25) is 0 Å². The molecule has 0 bridgehead atoms. The van der Waals surface area contributed by atoms with E-state index in [-0.39, 0.29) is 17.5 Å². The number of carbonyl (C=O) groups excluding carboxylic acids is 2. The first-order chi connectivity index (χ1) is 12.9. The van der Waals surface area contributed by atoms with Crippen LogP contribution in [0.15, 0.2) is 48.5 Å². The Morgan fingerprint density at radius 3 is 2.52 bits per heavy atom. The Hall–Kier alpha value is -3.13. The highest BCUT2D eigenvalue weighted by Gasteiger charge is 2.17. The first kappa shape index (κ1) is 20.2. The first-order valence-corrected chi connectivity index (χ1v) is 8.32. The van der Waals surface area contributed by atoms with Crippen LogP contribution in [0.5, 0.6) is 5.75 Å². The van der Waals surface area contributed by atoms with E-state index in [9.17, 15) is 19.7 Å². The van der Waals surface area contributed by atoms with Crippen molar-refractivity contribution in [1.29, 1.82) is 0 Å². The van der Waals surface area contributed by atoms with Crippen molar-refractivity contribution >= 4 is 29.2 Å². The Labute approximate surface area is 160 Å². The fraction of sp³-hybridized carbons (Fsp3) is 0.222. The smallest absolute Gasteiger partial charge is 0.344 e. The van der Waals surface area contributed by atoms with E-state index < -0.39 is 30.0 Å². The number of halogens is 1. The quantitative estimate of drug-likeness (QED) is 0.420. The standard InChI is InChI=1S/C18H17ClN2O6/c1-12(13-6-2-3-7-14(13)19)20-17(22)10-27-18(23)11-26-16-9-5-4-8-15(16)21(24)25/h2-9,12H,10-11H2,1H3,(H,20,22)/t12-/m0/s1. The van der Waals surface area contributed by atoms with Crippen molar-refractivity contribution in [3.63, 3.8) is 0 Å². The van der Waals surface area contributed by atoms with E-state index in [1.165, 1.54) is 24.3 Å². The van der Waals surface area contributed by atoms with Gasteiger partial charge in [-0.1, -0.05) is 41.9 Å². The predicted octanol–water partition coefficient (Wildman–Crippen LogP) is 3.05. The summed E-state index contributed by atoms with van der Waals surface area (Å²) >= 11 is 6.06. The average molecular weight is 393 g/mol. The van der Waals surface area contributed by atoms with Crippen molar-refractivity contribution in [2.24, 2.45) is 0 Å². The van der Waals surface area contributed by atoms with Crippen molar-refractivity contribution in [3.8, 4) is 5.75 Å². The number of hydrogen-bond acceptors (Lipinski definition) is 6. The van der Waals surface area contributed by atoms with E-state index >= 15 is 0 Å². The van der Waals surface area contributed by atoms with Gasteiger partial charge < -0.3 is 14.8 Å². The van der Waals surface area contributed by atoms with Gasteiger partial charge in [0.15, 0.2) is 19.0 Å². The molecule has 0 saturated carbocycles. The number of carbonyl (C=O) groups is 2. The van der Waals surface area contributed by atoms with Gasteiger partial charge in [-0.15, -0.1) is 0 Å². The Morgan fingerprint density at radius 1 is 1.15 bits per heavy atom. The molecular formula is C18H17ClN2O6. The highest BCUT2D eigenvalue weighted by molar-refractivity contribution is 6.31. The van der Waals surface area contributed by atoms with Gasteiger partial charge in [-0.25, -0.2) is 4.79 Å². The van der Waals surface area contributed by atoms with Gasteiger partial charge in [-0.2, -0.15) is 0 Å². The molecule has 142 valence electrons. The van der Waals surface area contributed by atoms with Gasteiger partial charge in [0.1, 0.15) is 0 Å². The molecule has 0 spiro atoms. The van der Waals surface area contributed by atoms with Crippen molar-refractivity contribution in [2.75, 3.05) is 13.2 Å². The minimum absolute atomic E-state index is 0.0590. The van der Waals surface area contributed by atoms with E-state index in [0.29, 0.717) is 5.02 Å². The number of rotatable bonds is 8. The molecule has 0 aliphatic carbocycles. The zero-order valence-corrected chi connectivity index (χ0v) is 15.1. The molecule has 0 aliphatic rings. The highest BCUT2D eigenvalue weighted by Crippen LogP contribution is 2.25. The molecule has 1 amide bonds. The van der Waals surface area contributed by atoms with E-state index in [2.05, 4.69) is 5.32 Å². The number of nitro groups is 1. The molecule has 0 aromatic heterocycles. The molecule has 2 aromatic rings. The van der Waals surface area contributed by atoms with Gasteiger partial charge in [0.05, 0.1) is 11.0 Å². The molecule has 1 N–H and O–H groups in total. The summed E-state index contributed by atoms with van der Waals surface area (Å²) in [5.41, 5.74) is 0.468. The lowest BCUT2D eigenvalue weighted by Crippen LogP contribution is -2.32. The Bertz CT molecular complexity index is 842. The number of nitrogens with zero attached hydrogens (tertiary/aromatic N) is 1. The topological polar surface area (TPSA) is 108 Å². The fourth-order valence-corrected chi connectivity index (χ4v) is 2.54. The third-order valence-corrected chi connectivity index (χ3v) is 3.87. The van der Waals surface area contributed by atoms with Crippen LogP contribution in [0.2, 0.25) is 5.02 Å². The van der Waals surface area contributed by atoms with Gasteiger partial charge in [0.25, 0.3) is 5.91 Å². The van der Waals surface area contributed by atoms with Crippen molar-refractivity contribution in [2.45, 2.75) is 13.0 Å². The molecule has 0 saturated heterocycles. The van der Waals surface area contributed by atoms with Crippen LogP contribution in [0.25, 0.3) is 0 Å². The zero-order valence-electron chi connectivity index (χ0n) is 14.4. The molecule has 2 aromatic carbocycles. The molecule has 9 heteroatoms. The predicted molar refractivity (Wildman–Crippen MR) is 97.6 cm³/mol. The molecule has 0 fully saturated rings. The molecule has 8 nitrogen and oxygen atoms in total. The second-order valence-electron chi connectivity index (χ2n) is 5.48. The lowest BCUT2D eigenvalue weighted by atomic mass is 10.1. The van der Waals surface area contributed by atoms with Crippen LogP contribution in [0.1, 0.15) is 18.5 Å². The number of benzene rings is 2. The van der Waals surface area contributed by atoms with Crippen LogP contribution < -0.4 is 10.1 Å². The summed E-state index contributed by atoms with van der Waals surface area (Å²) in [5.74, 6) is -1.40. The Balaban J connectivity index is 1.79. The lowest BCUT2D eigenvalue weighted by Gasteiger charge is -2.15. The molecule has 1 atom stereocenters. The van der Waals surface area contributed by atoms with Crippen LogP contribution in [0, 0.1) is 10.1 Å². The van der Waals surface area contributed by atoms with Crippen LogP contribution in [0.3, 0.4) is 0 Å². The maximum atomic E-state index is 11.9. The summed E-state index contributed by atoms with van der Waals surface area (Å²) in [6.07, 6.45) is 0. The Morgan fingerprint density at radius 2 is 1.81 bits per heavy atom. The molecule has 0 unspecified atom stereocenters. The molecular weight excluding hydrogens is 376 g/mol. The van der Waals surface area contributed by atoms with Crippen molar-refractivity contribution < 1.29 is 24.0 Å². The van der Waals surface area contributed by atoms with Gasteiger partial charge >= 0.3 is 11.7 Å². The summed E-state index contributed by atoms with van der Waals surface area (Å²) in [6, 6.07) is 12.3. The minimum atomic E-state index is -0.825. The largest absolute Gasteiger partial charge is 0.475 e. The summed E-state index contributed by atoms with van der Waals surface area (Å²) in [5, 5.41) is 14.0. The first-order valence-electron chi connectivity index (χ1n) is 7.94. The SMILES string of the molecule is C[C@H](NC(=O)COC(=O)COc1ccccc1[N+](=O)[O-])c1ccccc1Cl. The molecule has 0 aliphatic heterocycles. The van der Waals surface area contributed by atoms with E-state index in [1.54, 1.807) is 31.2 Å². The Kier molecular flexibility index (Phi) is 7.13. The number of nitrogens with one attached hydrogen (secondary N) is 1. The second kappa shape index (κ2) is 9.54. The number of esters is 1.